The van der Waals surface area contributed by atoms with E-state index in [0.717, 1.165) is 17.7 Å². The second-order valence-corrected chi connectivity index (χ2v) is 8.95. The second kappa shape index (κ2) is 7.19. The molecule has 1 aliphatic heterocycles. The number of imide groups is 1. The van der Waals surface area contributed by atoms with Gasteiger partial charge in [0.15, 0.2) is 5.78 Å². The number of hydrogen-bond acceptors (Lipinski definition) is 4. The summed E-state index contributed by atoms with van der Waals surface area (Å²) >= 11 is 0. The largest absolute Gasteiger partial charge is 0.369 e. The first-order chi connectivity index (χ1) is 12.3. The highest BCUT2D eigenvalue weighted by Gasteiger charge is 2.54. The Morgan fingerprint density at radius 1 is 1.15 bits per heavy atom. The molecule has 2 atom stereocenters. The minimum absolute atomic E-state index is 0.0612. The van der Waals surface area contributed by atoms with Crippen molar-refractivity contribution in [3.8, 4) is 0 Å². The minimum Gasteiger partial charge on any atom is -0.369 e. The highest BCUT2D eigenvalue weighted by Crippen LogP contribution is 2.51. The molecule has 0 spiro atoms. The highest BCUT2D eigenvalue weighted by molar-refractivity contribution is 6.08. The zero-order valence-corrected chi connectivity index (χ0v) is 17.5. The Morgan fingerprint density at radius 2 is 1.70 bits per heavy atom. The van der Waals surface area contributed by atoms with Gasteiger partial charge in [0.2, 0.25) is 12.3 Å². The smallest absolute Gasteiger partial charge is 0.237 e. The van der Waals surface area contributed by atoms with E-state index in [0.29, 0.717) is 17.7 Å². The van der Waals surface area contributed by atoms with Crippen LogP contribution >= 0.6 is 0 Å². The third-order valence-corrected chi connectivity index (χ3v) is 6.42. The first-order valence-corrected chi connectivity index (χ1v) is 9.44. The van der Waals surface area contributed by atoms with E-state index in [1.807, 2.05) is 20.8 Å². The fourth-order valence-corrected chi connectivity index (χ4v) is 3.78. The molecule has 5 nitrogen and oxygen atoms in total. The summed E-state index contributed by atoms with van der Waals surface area (Å²) in [6.45, 7) is 13.6. The van der Waals surface area contributed by atoms with Crippen LogP contribution in [0.5, 0.6) is 0 Å². The molecule has 0 saturated carbocycles. The molecule has 148 valence electrons. The van der Waals surface area contributed by atoms with Gasteiger partial charge in [0.1, 0.15) is 0 Å². The molecule has 1 aliphatic rings. The van der Waals surface area contributed by atoms with E-state index >= 15 is 0 Å². The molecule has 2 unspecified atom stereocenters. The molecule has 0 radical (unpaired) electrons. The van der Waals surface area contributed by atoms with Crippen LogP contribution in [0.15, 0.2) is 24.3 Å². The monoisotopic (exact) mass is 373 g/mol. The van der Waals surface area contributed by atoms with Crippen LogP contribution in [0, 0.1) is 11.3 Å². The van der Waals surface area contributed by atoms with Gasteiger partial charge in [-0.05, 0) is 64.8 Å². The first kappa shape index (κ1) is 21.3. The first-order valence-electron chi connectivity index (χ1n) is 9.44. The van der Waals surface area contributed by atoms with Crippen molar-refractivity contribution in [1.29, 1.82) is 0 Å². The van der Waals surface area contributed by atoms with Crippen molar-refractivity contribution in [1.82, 2.24) is 0 Å². The van der Waals surface area contributed by atoms with Crippen LogP contribution in [0.1, 0.15) is 71.7 Å². The summed E-state index contributed by atoms with van der Waals surface area (Å²) in [5.74, 6) is -0.775. The predicted molar refractivity (Wildman–Crippen MR) is 106 cm³/mol. The molecular weight excluding hydrogens is 342 g/mol. The van der Waals surface area contributed by atoms with Crippen LogP contribution in [0.4, 0.5) is 5.69 Å². The summed E-state index contributed by atoms with van der Waals surface area (Å²) in [5.41, 5.74) is -0.154. The Bertz CT molecular complexity index is 735. The lowest BCUT2D eigenvalue weighted by Crippen LogP contribution is -2.52. The SMILES string of the molecule is CC(=O)c1ccc(N(C=O)C(=O)C(C)C(C)(C)C2(C)CCC(C)(C)O2)cc1. The Morgan fingerprint density at radius 3 is 2.11 bits per heavy atom. The fourth-order valence-electron chi connectivity index (χ4n) is 3.78. The van der Waals surface area contributed by atoms with E-state index in [-0.39, 0.29) is 17.3 Å². The number of carbonyl (C=O) groups is 3. The number of nitrogens with zero attached hydrogens (tertiary/aromatic N) is 1. The van der Waals surface area contributed by atoms with Gasteiger partial charge >= 0.3 is 0 Å². The molecular formula is C22H31NO4. The van der Waals surface area contributed by atoms with Crippen LogP contribution in [0.3, 0.4) is 0 Å². The molecule has 0 aliphatic carbocycles. The quantitative estimate of drug-likeness (QED) is 0.548. The molecule has 2 rings (SSSR count). The molecule has 27 heavy (non-hydrogen) atoms. The van der Waals surface area contributed by atoms with Crippen molar-refractivity contribution in [2.45, 2.75) is 72.5 Å². The average molecular weight is 373 g/mol. The molecule has 0 N–H and O–H groups in total. The maximum absolute atomic E-state index is 13.2. The molecule has 1 aromatic rings. The molecule has 0 aromatic heterocycles. The Balaban J connectivity index is 2.28. The lowest BCUT2D eigenvalue weighted by atomic mass is 9.66. The standard InChI is InChI=1S/C22H31NO4/c1-15(21(5,6)22(7)13-12-20(3,4)27-22)19(26)23(14-24)18-10-8-17(9-11-18)16(2)25/h8-11,14-15H,12-13H2,1-7H3. The van der Waals surface area contributed by atoms with Gasteiger partial charge in [-0.15, -0.1) is 0 Å². The Hall–Kier alpha value is -2.01. The van der Waals surface area contributed by atoms with Gasteiger partial charge < -0.3 is 4.74 Å². The lowest BCUT2D eigenvalue weighted by Gasteiger charge is -2.46. The van der Waals surface area contributed by atoms with Gasteiger partial charge in [-0.25, -0.2) is 0 Å². The number of rotatable bonds is 6. The molecule has 1 aromatic carbocycles. The van der Waals surface area contributed by atoms with Gasteiger partial charge in [-0.1, -0.05) is 20.8 Å². The molecule has 5 heteroatoms. The fraction of sp³-hybridized carbons (Fsp3) is 0.591. The number of ketones is 1. The molecule has 2 amide bonds. The van der Waals surface area contributed by atoms with Gasteiger partial charge in [0, 0.05) is 16.9 Å². The van der Waals surface area contributed by atoms with Gasteiger partial charge in [-0.3, -0.25) is 19.3 Å². The van der Waals surface area contributed by atoms with Crippen molar-refractivity contribution >= 4 is 23.8 Å². The highest BCUT2D eigenvalue weighted by atomic mass is 16.5. The van der Waals surface area contributed by atoms with E-state index in [4.69, 9.17) is 4.74 Å². The number of anilines is 1. The summed E-state index contributed by atoms with van der Waals surface area (Å²) < 4.78 is 6.34. The predicted octanol–water partition coefficient (Wildman–Crippen LogP) is 4.39. The lowest BCUT2D eigenvalue weighted by molar-refractivity contribution is -0.160. The summed E-state index contributed by atoms with van der Waals surface area (Å²) in [4.78, 5) is 37.4. The van der Waals surface area contributed by atoms with Gasteiger partial charge in [-0.2, -0.15) is 0 Å². The number of ether oxygens (including phenoxy) is 1. The Labute approximate surface area is 162 Å². The topological polar surface area (TPSA) is 63.7 Å². The zero-order valence-electron chi connectivity index (χ0n) is 17.5. The maximum atomic E-state index is 13.2. The summed E-state index contributed by atoms with van der Waals surface area (Å²) in [5, 5.41) is 0. The van der Waals surface area contributed by atoms with Gasteiger partial charge in [0.05, 0.1) is 16.9 Å². The number of benzene rings is 1. The van der Waals surface area contributed by atoms with Crippen molar-refractivity contribution in [2.24, 2.45) is 11.3 Å². The maximum Gasteiger partial charge on any atom is 0.237 e. The van der Waals surface area contributed by atoms with Gasteiger partial charge in [0.25, 0.3) is 0 Å². The van der Waals surface area contributed by atoms with Crippen molar-refractivity contribution < 1.29 is 19.1 Å². The molecule has 1 fully saturated rings. The normalized spacial score (nSPS) is 22.9. The number of Topliss-reactive ketones (excluding diaryl/α,β-unsaturated/α-hetero) is 1. The Kier molecular flexibility index (Phi) is 5.67. The third-order valence-electron chi connectivity index (χ3n) is 6.42. The molecule has 1 heterocycles. The summed E-state index contributed by atoms with van der Waals surface area (Å²) in [6, 6.07) is 6.50. The van der Waals surface area contributed by atoms with Crippen LogP contribution < -0.4 is 4.90 Å². The van der Waals surface area contributed by atoms with Crippen molar-refractivity contribution in [3.63, 3.8) is 0 Å². The van der Waals surface area contributed by atoms with E-state index in [9.17, 15) is 14.4 Å². The minimum atomic E-state index is -0.474. The zero-order chi connectivity index (χ0) is 20.6. The second-order valence-electron chi connectivity index (χ2n) is 8.95. The van der Waals surface area contributed by atoms with E-state index < -0.39 is 16.9 Å². The van der Waals surface area contributed by atoms with Crippen LogP contribution in [-0.2, 0) is 14.3 Å². The van der Waals surface area contributed by atoms with Crippen LogP contribution in [0.2, 0.25) is 0 Å². The number of amides is 2. The number of carbonyl (C=O) groups excluding carboxylic acids is 3. The number of hydrogen-bond donors (Lipinski definition) is 0. The summed E-state index contributed by atoms with van der Waals surface area (Å²) in [6.07, 6.45) is 2.33. The van der Waals surface area contributed by atoms with E-state index in [2.05, 4.69) is 20.8 Å². The van der Waals surface area contributed by atoms with E-state index in [1.165, 1.54) is 6.92 Å². The molecule has 1 saturated heterocycles. The van der Waals surface area contributed by atoms with Crippen LogP contribution in [0.25, 0.3) is 0 Å². The molecule has 0 bridgehead atoms. The van der Waals surface area contributed by atoms with E-state index in [1.54, 1.807) is 24.3 Å². The third kappa shape index (κ3) is 3.98. The van der Waals surface area contributed by atoms with Crippen molar-refractivity contribution in [2.75, 3.05) is 4.90 Å². The summed E-state index contributed by atoms with van der Waals surface area (Å²) in [7, 11) is 0. The van der Waals surface area contributed by atoms with Crippen LogP contribution in [-0.4, -0.2) is 29.3 Å². The average Bonchev–Trinajstić information content (AvgIpc) is 2.90. The van der Waals surface area contributed by atoms with Crippen molar-refractivity contribution in [3.05, 3.63) is 29.8 Å².